The molecule has 2 aromatic heterocycles. The maximum atomic E-state index is 11.8. The summed E-state index contributed by atoms with van der Waals surface area (Å²) in [4.78, 5) is 34.0. The lowest BCUT2D eigenvalue weighted by molar-refractivity contribution is -0.136. The van der Waals surface area contributed by atoms with E-state index in [2.05, 4.69) is 5.16 Å². The number of carboxylic acids is 1. The first-order chi connectivity index (χ1) is 7.93. The number of rotatable bonds is 2. The summed E-state index contributed by atoms with van der Waals surface area (Å²) in [5.41, 5.74) is -1.10. The van der Waals surface area contributed by atoms with E-state index >= 15 is 0 Å². The van der Waals surface area contributed by atoms with Gasteiger partial charge in [-0.2, -0.15) is 0 Å². The van der Waals surface area contributed by atoms with Crippen LogP contribution >= 0.6 is 0 Å². The van der Waals surface area contributed by atoms with Crippen molar-refractivity contribution in [2.24, 2.45) is 14.1 Å². The van der Waals surface area contributed by atoms with Crippen molar-refractivity contribution in [2.45, 2.75) is 6.42 Å². The minimum atomic E-state index is -1.14. The highest BCUT2D eigenvalue weighted by molar-refractivity contribution is 5.81. The van der Waals surface area contributed by atoms with Crippen LogP contribution < -0.4 is 11.2 Å². The molecule has 8 heteroatoms. The van der Waals surface area contributed by atoms with Crippen molar-refractivity contribution < 1.29 is 14.4 Å². The van der Waals surface area contributed by atoms with Gasteiger partial charge >= 0.3 is 11.7 Å². The second-order valence-electron chi connectivity index (χ2n) is 3.58. The fraction of sp³-hybridized carbons (Fsp3) is 0.333. The minimum absolute atomic E-state index is 0.0250. The molecule has 1 N–H and O–H groups in total. The Bertz CT molecular complexity index is 721. The minimum Gasteiger partial charge on any atom is -0.481 e. The molecule has 0 spiro atoms. The Kier molecular flexibility index (Phi) is 2.34. The highest BCUT2D eigenvalue weighted by Gasteiger charge is 2.19. The Morgan fingerprint density at radius 1 is 1.35 bits per heavy atom. The normalized spacial score (nSPS) is 10.9. The summed E-state index contributed by atoms with van der Waals surface area (Å²) in [6, 6.07) is 0. The van der Waals surface area contributed by atoms with E-state index in [1.165, 1.54) is 14.1 Å². The molecule has 17 heavy (non-hydrogen) atoms. The fourth-order valence-electron chi connectivity index (χ4n) is 1.59. The molecule has 0 bridgehead atoms. The summed E-state index contributed by atoms with van der Waals surface area (Å²) in [6.07, 6.45) is -0.454. The van der Waals surface area contributed by atoms with Crippen molar-refractivity contribution in [3.8, 4) is 0 Å². The van der Waals surface area contributed by atoms with Crippen LogP contribution in [0, 0.1) is 0 Å². The molecule has 2 aromatic rings. The van der Waals surface area contributed by atoms with Crippen molar-refractivity contribution in [2.75, 3.05) is 0 Å². The molecule has 0 fully saturated rings. The number of aliphatic carboxylic acids is 1. The van der Waals surface area contributed by atoms with Crippen LogP contribution in [0.15, 0.2) is 14.1 Å². The average molecular weight is 239 g/mol. The molecule has 0 aliphatic rings. The first-order valence-corrected chi connectivity index (χ1v) is 4.69. The van der Waals surface area contributed by atoms with Gasteiger partial charge in [0.05, 0.1) is 0 Å². The topological polar surface area (TPSA) is 107 Å². The van der Waals surface area contributed by atoms with Crippen LogP contribution in [-0.2, 0) is 25.3 Å². The Labute approximate surface area is 93.7 Å². The number of carboxylic acid groups (broad SMARTS) is 1. The van der Waals surface area contributed by atoms with E-state index in [4.69, 9.17) is 9.63 Å². The summed E-state index contributed by atoms with van der Waals surface area (Å²) >= 11 is 0. The predicted octanol–water partition coefficient (Wildman–Crippen LogP) is -1.15. The number of fused-ring (bicyclic) bond motifs is 1. The van der Waals surface area contributed by atoms with Gasteiger partial charge in [0.1, 0.15) is 11.8 Å². The SMILES string of the molecule is Cn1c(=O)c2c(CC(=O)O)onc2n(C)c1=O. The van der Waals surface area contributed by atoms with E-state index in [1.54, 1.807) is 0 Å². The largest absolute Gasteiger partial charge is 0.481 e. The second-order valence-corrected chi connectivity index (χ2v) is 3.58. The van der Waals surface area contributed by atoms with Gasteiger partial charge in [-0.1, -0.05) is 5.16 Å². The zero-order valence-electron chi connectivity index (χ0n) is 9.13. The smallest absolute Gasteiger partial charge is 0.332 e. The fourth-order valence-corrected chi connectivity index (χ4v) is 1.59. The number of carbonyl (C=O) groups is 1. The summed E-state index contributed by atoms with van der Waals surface area (Å²) in [5, 5.41) is 12.2. The van der Waals surface area contributed by atoms with Crippen LogP contribution in [0.25, 0.3) is 11.0 Å². The van der Waals surface area contributed by atoms with E-state index in [0.29, 0.717) is 0 Å². The van der Waals surface area contributed by atoms with Gasteiger partial charge in [-0.05, 0) is 0 Å². The summed E-state index contributed by atoms with van der Waals surface area (Å²) in [5.74, 6) is -1.19. The summed E-state index contributed by atoms with van der Waals surface area (Å²) in [7, 11) is 2.73. The monoisotopic (exact) mass is 239 g/mol. The van der Waals surface area contributed by atoms with Gasteiger partial charge in [0.2, 0.25) is 0 Å². The molecular weight excluding hydrogens is 230 g/mol. The molecule has 0 saturated heterocycles. The number of hydrogen-bond acceptors (Lipinski definition) is 5. The molecule has 0 aliphatic heterocycles. The zero-order valence-corrected chi connectivity index (χ0v) is 9.13. The highest BCUT2D eigenvalue weighted by Crippen LogP contribution is 2.12. The zero-order chi connectivity index (χ0) is 12.7. The van der Waals surface area contributed by atoms with Crippen molar-refractivity contribution in [3.05, 3.63) is 26.6 Å². The number of aromatic nitrogens is 3. The molecule has 0 aliphatic carbocycles. The van der Waals surface area contributed by atoms with E-state index in [1.807, 2.05) is 0 Å². The van der Waals surface area contributed by atoms with Crippen LogP contribution in [0.2, 0.25) is 0 Å². The summed E-state index contributed by atoms with van der Waals surface area (Å²) < 4.78 is 6.80. The Hall–Kier alpha value is -2.38. The summed E-state index contributed by atoms with van der Waals surface area (Å²) in [6.45, 7) is 0. The van der Waals surface area contributed by atoms with Gasteiger partial charge in [0, 0.05) is 14.1 Å². The van der Waals surface area contributed by atoms with Gasteiger partial charge in [-0.15, -0.1) is 0 Å². The third-order valence-electron chi connectivity index (χ3n) is 2.47. The average Bonchev–Trinajstić information content (AvgIpc) is 2.66. The number of nitrogens with zero attached hydrogens (tertiary/aromatic N) is 3. The third-order valence-corrected chi connectivity index (χ3v) is 2.47. The molecule has 90 valence electrons. The molecule has 8 nitrogen and oxygen atoms in total. The molecule has 0 saturated carbocycles. The first-order valence-electron chi connectivity index (χ1n) is 4.69. The maximum absolute atomic E-state index is 11.8. The van der Waals surface area contributed by atoms with Crippen molar-refractivity contribution in [3.63, 3.8) is 0 Å². The molecule has 2 heterocycles. The van der Waals surface area contributed by atoms with Gasteiger partial charge < -0.3 is 9.63 Å². The molecule has 0 unspecified atom stereocenters. The number of hydrogen-bond donors (Lipinski definition) is 1. The van der Waals surface area contributed by atoms with E-state index in [0.717, 1.165) is 9.13 Å². The molecular formula is C9H9N3O5. The lowest BCUT2D eigenvalue weighted by atomic mass is 10.2. The van der Waals surface area contributed by atoms with E-state index in [-0.39, 0.29) is 16.8 Å². The van der Waals surface area contributed by atoms with Crippen LogP contribution in [0.4, 0.5) is 0 Å². The third kappa shape index (κ3) is 1.53. The van der Waals surface area contributed by atoms with E-state index in [9.17, 15) is 14.4 Å². The van der Waals surface area contributed by atoms with Crippen LogP contribution in [0.1, 0.15) is 5.76 Å². The number of aryl methyl sites for hydroxylation is 1. The van der Waals surface area contributed by atoms with Gasteiger partial charge in [-0.25, -0.2) is 4.79 Å². The lowest BCUT2D eigenvalue weighted by Gasteiger charge is -2.01. The van der Waals surface area contributed by atoms with Gasteiger partial charge in [0.25, 0.3) is 5.56 Å². The second kappa shape index (κ2) is 3.58. The standard InChI is InChI=1S/C9H9N3O5/c1-11-7-6(8(15)12(2)9(11)16)4(17-10-7)3-5(13)14/h3H2,1-2H3,(H,13,14). The molecule has 0 amide bonds. The Balaban J connectivity index is 2.90. The van der Waals surface area contributed by atoms with Crippen LogP contribution in [0.3, 0.4) is 0 Å². The Morgan fingerprint density at radius 3 is 2.59 bits per heavy atom. The quantitative estimate of drug-likeness (QED) is 0.709. The van der Waals surface area contributed by atoms with Crippen LogP contribution in [-0.4, -0.2) is 25.4 Å². The first kappa shape index (κ1) is 11.1. The van der Waals surface area contributed by atoms with Crippen molar-refractivity contribution >= 4 is 17.0 Å². The van der Waals surface area contributed by atoms with E-state index < -0.39 is 23.6 Å². The highest BCUT2D eigenvalue weighted by atomic mass is 16.5. The molecule has 0 atom stereocenters. The van der Waals surface area contributed by atoms with Gasteiger partial charge in [0.15, 0.2) is 11.4 Å². The molecule has 2 rings (SSSR count). The van der Waals surface area contributed by atoms with Crippen molar-refractivity contribution in [1.29, 1.82) is 0 Å². The van der Waals surface area contributed by atoms with Crippen LogP contribution in [0.5, 0.6) is 0 Å². The lowest BCUT2D eigenvalue weighted by Crippen LogP contribution is -2.37. The maximum Gasteiger partial charge on any atom is 0.332 e. The molecule has 0 aromatic carbocycles. The Morgan fingerprint density at radius 2 is 2.00 bits per heavy atom. The van der Waals surface area contributed by atoms with Crippen molar-refractivity contribution in [1.82, 2.24) is 14.3 Å². The predicted molar refractivity (Wildman–Crippen MR) is 55.8 cm³/mol. The van der Waals surface area contributed by atoms with Gasteiger partial charge in [-0.3, -0.25) is 18.7 Å². The molecule has 0 radical (unpaired) electrons.